The lowest BCUT2D eigenvalue weighted by molar-refractivity contribution is -0.713. The fourth-order valence-electron chi connectivity index (χ4n) is 2.66. The number of pyridine rings is 1. The molecule has 2 heterocycles. The predicted octanol–water partition coefficient (Wildman–Crippen LogP) is 1.56. The highest BCUT2D eigenvalue weighted by Crippen LogP contribution is 2.23. The molecule has 0 aliphatic carbocycles. The first kappa shape index (κ1) is 25.8. The maximum Gasteiger partial charge on any atom is 0.411 e. The van der Waals surface area contributed by atoms with Gasteiger partial charge in [-0.25, -0.2) is 23.3 Å². The molecule has 0 unspecified atom stereocenters. The average molecular weight is 477 g/mol. The van der Waals surface area contributed by atoms with E-state index in [1.165, 1.54) is 0 Å². The number of carbonyl (C=O) groups excluding carboxylic acids is 1. The van der Waals surface area contributed by atoms with E-state index in [2.05, 4.69) is 20.7 Å². The van der Waals surface area contributed by atoms with Gasteiger partial charge in [-0.1, -0.05) is 26.0 Å². The highest BCUT2D eigenvalue weighted by atomic mass is 32.2. The minimum Gasteiger partial charge on any atom is -0.748 e. The van der Waals surface area contributed by atoms with E-state index >= 15 is 0 Å². The molecule has 11 nitrogen and oxygen atoms in total. The third-order valence-corrected chi connectivity index (χ3v) is 4.56. The number of urea groups is 1. The molecule has 0 atom stereocenters. The number of aliphatic hydroxyl groups is 1. The Morgan fingerprint density at radius 3 is 2.27 bits per heavy atom. The summed E-state index contributed by atoms with van der Waals surface area (Å²) in [5.74, 6) is 1.07. The lowest BCUT2D eigenvalue weighted by atomic mass is 9.91. The molecule has 0 saturated heterocycles. The Balaban J connectivity index is 0.000000696. The number of hydrogen-bond donors (Lipinski definition) is 5. The van der Waals surface area contributed by atoms with Crippen LogP contribution in [-0.2, 0) is 22.6 Å². The number of benzene rings is 1. The molecule has 3 aromatic rings. The number of amides is 2. The summed E-state index contributed by atoms with van der Waals surface area (Å²) in [7, 11) is -2.12. The molecule has 6 N–H and O–H groups in total. The van der Waals surface area contributed by atoms with Crippen LogP contribution in [-0.4, -0.2) is 47.1 Å². The fraction of sp³-hybridized carbons (Fsp3) is 0.286. The van der Waals surface area contributed by atoms with Gasteiger partial charge in [0.1, 0.15) is 12.9 Å². The van der Waals surface area contributed by atoms with Gasteiger partial charge in [0.2, 0.25) is 0 Å². The average Bonchev–Trinajstić information content (AvgIpc) is 3.09. The second-order valence-electron chi connectivity index (χ2n) is 7.99. The summed E-state index contributed by atoms with van der Waals surface area (Å²) < 4.78 is 28.9. The number of rotatable bonds is 5. The molecule has 0 fully saturated rings. The van der Waals surface area contributed by atoms with Crippen molar-refractivity contribution in [1.29, 1.82) is 0 Å². The first-order chi connectivity index (χ1) is 15.3. The lowest BCUT2D eigenvalue weighted by Crippen LogP contribution is -2.37. The standard InChI is InChI=1S/C20H24N6O2.CH4O3S/c1-20(2,12-27)16-10-18(26(3)25-16)24-19(28)23-15-7-4-13(5-8-15)14-6-9-17(21)22-11-14;1-5(2,3)4/h4-11,27H,12H2,1-3H3,(H4,21,22,23,24,25,28);1H3,(H,2,3,4). The zero-order chi connectivity index (χ0) is 24.8. The second kappa shape index (κ2) is 10.4. The van der Waals surface area contributed by atoms with Gasteiger partial charge in [0, 0.05) is 29.1 Å². The van der Waals surface area contributed by atoms with E-state index < -0.39 is 15.5 Å². The van der Waals surface area contributed by atoms with Crippen LogP contribution in [0.1, 0.15) is 19.5 Å². The lowest BCUT2D eigenvalue weighted by Gasteiger charge is -2.17. The molecule has 33 heavy (non-hydrogen) atoms. The van der Waals surface area contributed by atoms with Crippen molar-refractivity contribution in [1.82, 2.24) is 10.1 Å². The first-order valence-corrected chi connectivity index (χ1v) is 11.6. The SMILES string of the molecule is CS(=O)(=O)[O-].C[n+]1[nH]c(C(C)(C)CO)cc1NC(=O)Nc1ccc(-c2ccc(N)nc2)cc1. The Labute approximate surface area is 192 Å². The maximum atomic E-state index is 12.3. The molecule has 12 heteroatoms. The number of H-pyrrole nitrogens is 1. The fourth-order valence-corrected chi connectivity index (χ4v) is 2.66. The highest BCUT2D eigenvalue weighted by molar-refractivity contribution is 7.84. The van der Waals surface area contributed by atoms with E-state index in [1.807, 2.05) is 50.2 Å². The number of nitrogen functional groups attached to an aromatic ring is 1. The van der Waals surface area contributed by atoms with Crippen LogP contribution < -0.4 is 21.0 Å². The van der Waals surface area contributed by atoms with Crippen LogP contribution in [0.3, 0.4) is 0 Å². The number of aliphatic hydroxyl groups excluding tert-OH is 1. The molecule has 1 aromatic carbocycles. The van der Waals surface area contributed by atoms with Gasteiger partial charge in [-0.15, -0.1) is 0 Å². The van der Waals surface area contributed by atoms with Crippen LogP contribution >= 0.6 is 0 Å². The minimum absolute atomic E-state index is 0.00493. The van der Waals surface area contributed by atoms with Crippen molar-refractivity contribution < 1.29 is 27.6 Å². The van der Waals surface area contributed by atoms with Crippen molar-refractivity contribution in [3.8, 4) is 11.1 Å². The number of nitrogens with two attached hydrogens (primary N) is 1. The van der Waals surface area contributed by atoms with Crippen LogP contribution in [0.25, 0.3) is 11.1 Å². The zero-order valence-electron chi connectivity index (χ0n) is 18.8. The highest BCUT2D eigenvalue weighted by Gasteiger charge is 2.26. The van der Waals surface area contributed by atoms with Crippen molar-refractivity contribution in [3.63, 3.8) is 0 Å². The molecular formula is C21H28N6O5S. The van der Waals surface area contributed by atoms with Crippen molar-refractivity contribution in [2.75, 3.05) is 29.2 Å². The van der Waals surface area contributed by atoms with E-state index in [0.717, 1.165) is 16.8 Å². The Hall–Kier alpha value is -3.48. The Morgan fingerprint density at radius 2 is 1.76 bits per heavy atom. The zero-order valence-corrected chi connectivity index (χ0v) is 19.6. The Kier molecular flexibility index (Phi) is 8.14. The van der Waals surface area contributed by atoms with Crippen LogP contribution in [0, 0.1) is 0 Å². The normalized spacial score (nSPS) is 11.3. The van der Waals surface area contributed by atoms with E-state index in [1.54, 1.807) is 24.0 Å². The summed E-state index contributed by atoms with van der Waals surface area (Å²) in [6.07, 6.45) is 2.31. The third-order valence-electron chi connectivity index (χ3n) is 4.56. The second-order valence-corrected chi connectivity index (χ2v) is 9.40. The number of nitrogens with one attached hydrogen (secondary N) is 3. The van der Waals surface area contributed by atoms with Crippen LogP contribution in [0.2, 0.25) is 0 Å². The van der Waals surface area contributed by atoms with E-state index in [0.29, 0.717) is 23.6 Å². The number of anilines is 3. The Morgan fingerprint density at radius 1 is 1.18 bits per heavy atom. The number of aromatic amines is 1. The molecule has 0 aliphatic heterocycles. The molecule has 178 valence electrons. The summed E-state index contributed by atoms with van der Waals surface area (Å²) in [6, 6.07) is 12.6. The monoisotopic (exact) mass is 476 g/mol. The van der Waals surface area contributed by atoms with Gasteiger partial charge in [-0.2, -0.15) is 10.00 Å². The van der Waals surface area contributed by atoms with Gasteiger partial charge in [0.25, 0.3) is 0 Å². The van der Waals surface area contributed by atoms with E-state index in [9.17, 15) is 9.90 Å². The van der Waals surface area contributed by atoms with Crippen LogP contribution in [0.5, 0.6) is 0 Å². The number of aryl methyl sites for hydroxylation is 1. The minimum atomic E-state index is -3.92. The number of carbonyl (C=O) groups is 1. The van der Waals surface area contributed by atoms with Gasteiger partial charge >= 0.3 is 11.8 Å². The summed E-state index contributed by atoms with van der Waals surface area (Å²) in [5.41, 5.74) is 8.60. The molecule has 0 spiro atoms. The van der Waals surface area contributed by atoms with Gasteiger partial charge in [-0.3, -0.25) is 5.32 Å². The first-order valence-electron chi connectivity index (χ1n) is 9.80. The Bertz CT molecular complexity index is 1180. The van der Waals surface area contributed by atoms with Gasteiger partial charge in [-0.05, 0) is 29.8 Å². The molecule has 2 amide bonds. The topological polar surface area (TPSA) is 177 Å². The van der Waals surface area contributed by atoms with Gasteiger partial charge < -0.3 is 15.4 Å². The molecule has 3 rings (SSSR count). The summed E-state index contributed by atoms with van der Waals surface area (Å²) in [6.45, 7) is 3.83. The van der Waals surface area contributed by atoms with E-state index in [-0.39, 0.29) is 12.6 Å². The van der Waals surface area contributed by atoms with Crippen molar-refractivity contribution in [2.24, 2.45) is 7.05 Å². The van der Waals surface area contributed by atoms with Gasteiger partial charge in [0.15, 0.2) is 0 Å². The van der Waals surface area contributed by atoms with E-state index in [4.69, 9.17) is 18.7 Å². The van der Waals surface area contributed by atoms with Crippen LogP contribution in [0.15, 0.2) is 48.7 Å². The van der Waals surface area contributed by atoms with Crippen molar-refractivity contribution in [3.05, 3.63) is 54.4 Å². The smallest absolute Gasteiger partial charge is 0.411 e. The van der Waals surface area contributed by atoms with Crippen molar-refractivity contribution >= 4 is 33.5 Å². The molecule has 0 saturated carbocycles. The third kappa shape index (κ3) is 8.18. The van der Waals surface area contributed by atoms with Crippen LogP contribution in [0.4, 0.5) is 22.1 Å². The number of hydrogen-bond acceptors (Lipinski definition) is 7. The largest absolute Gasteiger partial charge is 0.748 e. The molecule has 2 aromatic heterocycles. The quantitative estimate of drug-likeness (QED) is 0.274. The van der Waals surface area contributed by atoms with Gasteiger partial charge in [0.05, 0.1) is 28.5 Å². The van der Waals surface area contributed by atoms with Crippen molar-refractivity contribution in [2.45, 2.75) is 19.3 Å². The molecule has 0 bridgehead atoms. The predicted molar refractivity (Wildman–Crippen MR) is 124 cm³/mol. The molecular weight excluding hydrogens is 448 g/mol. The maximum absolute atomic E-state index is 12.3. The summed E-state index contributed by atoms with van der Waals surface area (Å²) in [5, 5.41) is 18.2. The molecule has 0 aliphatic rings. The summed E-state index contributed by atoms with van der Waals surface area (Å²) >= 11 is 0. The molecule has 0 radical (unpaired) electrons. The summed E-state index contributed by atoms with van der Waals surface area (Å²) in [4.78, 5) is 16.4. The number of aromatic nitrogens is 3. The number of nitrogens with zero attached hydrogens (tertiary/aromatic N) is 2.